The van der Waals surface area contributed by atoms with Gasteiger partial charge in [-0.25, -0.2) is 4.39 Å². The van der Waals surface area contributed by atoms with Crippen molar-refractivity contribution < 1.29 is 9.50 Å². The predicted octanol–water partition coefficient (Wildman–Crippen LogP) is 4.16. The second kappa shape index (κ2) is 4.14. The Morgan fingerprint density at radius 3 is 2.56 bits per heavy atom. The smallest absolute Gasteiger partial charge is 0.123 e. The summed E-state index contributed by atoms with van der Waals surface area (Å²) in [5, 5.41) is 9.87. The second-order valence-electron chi connectivity index (χ2n) is 3.66. The fourth-order valence-electron chi connectivity index (χ4n) is 1.63. The summed E-state index contributed by atoms with van der Waals surface area (Å²) in [6.45, 7) is 1.88. The molecule has 2 rings (SSSR count). The third-order valence-corrected chi connectivity index (χ3v) is 2.61. The number of aryl methyl sites for hydroxylation is 1. The van der Waals surface area contributed by atoms with Crippen LogP contribution in [0.15, 0.2) is 36.4 Å². The van der Waals surface area contributed by atoms with Crippen LogP contribution in [0.3, 0.4) is 0 Å². The molecule has 0 heterocycles. The molecule has 3 heteroatoms. The first-order chi connectivity index (χ1) is 7.56. The SMILES string of the molecule is Cc1ccc(F)cc1-c1cc(O)cc(Cl)c1. The predicted molar refractivity (Wildman–Crippen MR) is 63.2 cm³/mol. The first-order valence-corrected chi connectivity index (χ1v) is 5.20. The summed E-state index contributed by atoms with van der Waals surface area (Å²) in [7, 11) is 0. The molecule has 2 aromatic rings. The van der Waals surface area contributed by atoms with Gasteiger partial charge in [0.15, 0.2) is 0 Å². The lowest BCUT2D eigenvalue weighted by atomic mass is 10.0. The van der Waals surface area contributed by atoms with Crippen molar-refractivity contribution in [1.82, 2.24) is 0 Å². The van der Waals surface area contributed by atoms with E-state index in [1.807, 2.05) is 6.92 Å². The van der Waals surface area contributed by atoms with Crippen LogP contribution in [0, 0.1) is 12.7 Å². The van der Waals surface area contributed by atoms with E-state index in [4.69, 9.17) is 11.6 Å². The molecule has 1 N–H and O–H groups in total. The zero-order valence-corrected chi connectivity index (χ0v) is 9.42. The summed E-state index contributed by atoms with van der Waals surface area (Å²) >= 11 is 5.84. The molecular formula is C13H10ClFO. The summed E-state index contributed by atoms with van der Waals surface area (Å²) in [5.41, 5.74) is 2.38. The number of aromatic hydroxyl groups is 1. The molecule has 0 aliphatic heterocycles. The number of hydrogen-bond donors (Lipinski definition) is 1. The minimum atomic E-state index is -0.305. The minimum absolute atomic E-state index is 0.0751. The Hall–Kier alpha value is -1.54. The van der Waals surface area contributed by atoms with Crippen LogP contribution in [0.25, 0.3) is 11.1 Å². The highest BCUT2D eigenvalue weighted by Gasteiger charge is 2.06. The van der Waals surface area contributed by atoms with Gasteiger partial charge in [0.25, 0.3) is 0 Å². The molecule has 0 amide bonds. The van der Waals surface area contributed by atoms with Gasteiger partial charge in [-0.3, -0.25) is 0 Å². The van der Waals surface area contributed by atoms with E-state index in [-0.39, 0.29) is 11.6 Å². The monoisotopic (exact) mass is 236 g/mol. The summed E-state index contributed by atoms with van der Waals surface area (Å²) in [6.07, 6.45) is 0. The lowest BCUT2D eigenvalue weighted by Gasteiger charge is -2.07. The number of benzene rings is 2. The molecule has 0 radical (unpaired) electrons. The Bertz CT molecular complexity index is 517. The van der Waals surface area contributed by atoms with Gasteiger partial charge in [0.05, 0.1) is 0 Å². The van der Waals surface area contributed by atoms with Gasteiger partial charge in [0.2, 0.25) is 0 Å². The fraction of sp³-hybridized carbons (Fsp3) is 0.0769. The molecule has 0 unspecified atom stereocenters. The van der Waals surface area contributed by atoms with Crippen LogP contribution in [-0.4, -0.2) is 5.11 Å². The number of rotatable bonds is 1. The zero-order chi connectivity index (χ0) is 11.7. The van der Waals surface area contributed by atoms with E-state index in [2.05, 4.69) is 0 Å². The van der Waals surface area contributed by atoms with E-state index < -0.39 is 0 Å². The largest absolute Gasteiger partial charge is 0.508 e. The maximum absolute atomic E-state index is 13.1. The summed E-state index contributed by atoms with van der Waals surface area (Å²) in [4.78, 5) is 0. The molecule has 16 heavy (non-hydrogen) atoms. The van der Waals surface area contributed by atoms with Gasteiger partial charge in [0, 0.05) is 5.02 Å². The average Bonchev–Trinajstić information content (AvgIpc) is 2.20. The van der Waals surface area contributed by atoms with Crippen molar-refractivity contribution in [2.75, 3.05) is 0 Å². The third-order valence-electron chi connectivity index (χ3n) is 2.39. The number of halogens is 2. The van der Waals surface area contributed by atoms with Gasteiger partial charge < -0.3 is 5.11 Å². The molecule has 0 fully saturated rings. The van der Waals surface area contributed by atoms with Gasteiger partial charge in [-0.1, -0.05) is 17.7 Å². The molecule has 2 aromatic carbocycles. The quantitative estimate of drug-likeness (QED) is 0.788. The van der Waals surface area contributed by atoms with Crippen LogP contribution in [0.2, 0.25) is 5.02 Å². The lowest BCUT2D eigenvalue weighted by molar-refractivity contribution is 0.475. The average molecular weight is 237 g/mol. The Kier molecular flexibility index (Phi) is 2.84. The van der Waals surface area contributed by atoms with Crippen LogP contribution < -0.4 is 0 Å². The zero-order valence-electron chi connectivity index (χ0n) is 8.67. The molecule has 0 aromatic heterocycles. The molecule has 0 bridgehead atoms. The van der Waals surface area contributed by atoms with Crippen LogP contribution >= 0.6 is 11.6 Å². The van der Waals surface area contributed by atoms with Crippen LogP contribution in [0.5, 0.6) is 5.75 Å². The van der Waals surface area contributed by atoms with Gasteiger partial charge in [-0.2, -0.15) is 0 Å². The Morgan fingerprint density at radius 2 is 1.88 bits per heavy atom. The first kappa shape index (κ1) is 11.0. The van der Waals surface area contributed by atoms with E-state index in [1.54, 1.807) is 18.2 Å². The topological polar surface area (TPSA) is 20.2 Å². The Labute approximate surface area is 98.1 Å². The van der Waals surface area contributed by atoms with Crippen molar-refractivity contribution in [2.24, 2.45) is 0 Å². The third kappa shape index (κ3) is 2.17. The van der Waals surface area contributed by atoms with Crippen molar-refractivity contribution in [3.05, 3.63) is 52.8 Å². The van der Waals surface area contributed by atoms with E-state index in [0.717, 1.165) is 11.1 Å². The number of phenolic OH excluding ortho intramolecular Hbond substituents is 1. The van der Waals surface area contributed by atoms with Crippen molar-refractivity contribution in [1.29, 1.82) is 0 Å². The molecule has 0 saturated heterocycles. The van der Waals surface area contributed by atoms with Crippen LogP contribution in [0.1, 0.15) is 5.56 Å². The molecule has 0 atom stereocenters. The van der Waals surface area contributed by atoms with Crippen molar-refractivity contribution in [3.8, 4) is 16.9 Å². The van der Waals surface area contributed by atoms with E-state index in [9.17, 15) is 9.50 Å². The standard InChI is InChI=1S/C13H10ClFO/c1-8-2-3-11(15)7-13(8)9-4-10(14)6-12(16)5-9/h2-7,16H,1H3. The van der Waals surface area contributed by atoms with Gasteiger partial charge in [-0.15, -0.1) is 0 Å². The molecule has 1 nitrogen and oxygen atoms in total. The van der Waals surface area contributed by atoms with Gasteiger partial charge >= 0.3 is 0 Å². The van der Waals surface area contributed by atoms with Gasteiger partial charge in [0.1, 0.15) is 11.6 Å². The van der Waals surface area contributed by atoms with E-state index >= 15 is 0 Å². The van der Waals surface area contributed by atoms with E-state index in [1.165, 1.54) is 18.2 Å². The molecular weight excluding hydrogens is 227 g/mol. The highest BCUT2D eigenvalue weighted by Crippen LogP contribution is 2.30. The molecule has 0 saturated carbocycles. The first-order valence-electron chi connectivity index (χ1n) is 4.82. The van der Waals surface area contributed by atoms with Crippen molar-refractivity contribution >= 4 is 11.6 Å². The second-order valence-corrected chi connectivity index (χ2v) is 4.09. The summed E-state index contributed by atoms with van der Waals surface area (Å²) in [5.74, 6) is -0.230. The van der Waals surface area contributed by atoms with Crippen molar-refractivity contribution in [3.63, 3.8) is 0 Å². The number of hydrogen-bond acceptors (Lipinski definition) is 1. The highest BCUT2D eigenvalue weighted by molar-refractivity contribution is 6.31. The highest BCUT2D eigenvalue weighted by atomic mass is 35.5. The fourth-order valence-corrected chi connectivity index (χ4v) is 1.86. The summed E-state index contributed by atoms with van der Waals surface area (Å²) < 4.78 is 13.1. The molecule has 82 valence electrons. The normalized spacial score (nSPS) is 10.4. The van der Waals surface area contributed by atoms with E-state index in [0.29, 0.717) is 10.6 Å². The lowest BCUT2D eigenvalue weighted by Crippen LogP contribution is -1.85. The Balaban J connectivity index is 2.62. The Morgan fingerprint density at radius 1 is 1.12 bits per heavy atom. The van der Waals surface area contributed by atoms with Crippen LogP contribution in [0.4, 0.5) is 4.39 Å². The maximum Gasteiger partial charge on any atom is 0.123 e. The summed E-state index contributed by atoms with van der Waals surface area (Å²) in [6, 6.07) is 9.24. The van der Waals surface area contributed by atoms with Crippen LogP contribution in [-0.2, 0) is 0 Å². The molecule has 0 aliphatic carbocycles. The minimum Gasteiger partial charge on any atom is -0.508 e. The van der Waals surface area contributed by atoms with Gasteiger partial charge in [-0.05, 0) is 53.9 Å². The molecule has 0 spiro atoms. The molecule has 0 aliphatic rings. The number of phenols is 1. The maximum atomic E-state index is 13.1. The van der Waals surface area contributed by atoms with Crippen molar-refractivity contribution in [2.45, 2.75) is 6.92 Å².